The van der Waals surface area contributed by atoms with Crippen molar-refractivity contribution < 1.29 is 4.39 Å². The van der Waals surface area contributed by atoms with E-state index < -0.39 is 0 Å². The lowest BCUT2D eigenvalue weighted by molar-refractivity contribution is 0.626. The summed E-state index contributed by atoms with van der Waals surface area (Å²) in [7, 11) is 0. The Kier molecular flexibility index (Phi) is 4.79. The van der Waals surface area contributed by atoms with E-state index in [2.05, 4.69) is 35.9 Å². The normalized spacial score (nSPS) is 14.5. The minimum Gasteiger partial charge on any atom is -0.344 e. The number of hydrogen-bond donors (Lipinski definition) is 1. The third kappa shape index (κ3) is 3.73. The number of rotatable bonds is 6. The van der Waals surface area contributed by atoms with Gasteiger partial charge in [0.05, 0.1) is 0 Å². The lowest BCUT2D eigenvalue weighted by Gasteiger charge is -2.13. The first-order valence-electron chi connectivity index (χ1n) is 8.47. The van der Waals surface area contributed by atoms with E-state index in [0.717, 1.165) is 40.2 Å². The van der Waals surface area contributed by atoms with Gasteiger partial charge in [0.1, 0.15) is 11.6 Å². The SMILES string of the molecule is C=C(Nc1ccc(/C(=C/CC)c2ccc(F)cc2C)cn1)C1CC1. The van der Waals surface area contributed by atoms with Crippen LogP contribution in [0.4, 0.5) is 10.2 Å². The number of allylic oxidation sites excluding steroid dienone is 2. The molecule has 0 bridgehead atoms. The Hall–Kier alpha value is -2.42. The number of halogens is 1. The molecule has 1 fully saturated rings. The van der Waals surface area contributed by atoms with Crippen LogP contribution < -0.4 is 5.32 Å². The first kappa shape index (κ1) is 16.4. The van der Waals surface area contributed by atoms with Gasteiger partial charge in [0.15, 0.2) is 0 Å². The van der Waals surface area contributed by atoms with Crippen LogP contribution in [-0.2, 0) is 0 Å². The molecular formula is C21H23FN2. The number of aryl methyl sites for hydroxylation is 1. The van der Waals surface area contributed by atoms with Crippen molar-refractivity contribution in [2.75, 3.05) is 5.32 Å². The van der Waals surface area contributed by atoms with Crippen LogP contribution in [0.25, 0.3) is 5.57 Å². The van der Waals surface area contributed by atoms with Crippen LogP contribution in [0.2, 0.25) is 0 Å². The summed E-state index contributed by atoms with van der Waals surface area (Å²) >= 11 is 0. The van der Waals surface area contributed by atoms with Crippen molar-refractivity contribution in [2.24, 2.45) is 5.92 Å². The molecule has 0 radical (unpaired) electrons. The molecule has 0 atom stereocenters. The van der Waals surface area contributed by atoms with Crippen LogP contribution in [0, 0.1) is 18.7 Å². The van der Waals surface area contributed by atoms with Gasteiger partial charge in [-0.1, -0.05) is 25.6 Å². The number of pyridine rings is 1. The van der Waals surface area contributed by atoms with E-state index in [-0.39, 0.29) is 5.82 Å². The van der Waals surface area contributed by atoms with Gasteiger partial charge in [-0.3, -0.25) is 0 Å². The molecule has 124 valence electrons. The molecule has 1 aliphatic rings. The Morgan fingerprint density at radius 1 is 1.33 bits per heavy atom. The lowest BCUT2D eigenvalue weighted by atomic mass is 9.94. The van der Waals surface area contributed by atoms with Gasteiger partial charge in [-0.25, -0.2) is 9.37 Å². The summed E-state index contributed by atoms with van der Waals surface area (Å²) in [5.41, 5.74) is 5.15. The molecule has 1 aromatic heterocycles. The van der Waals surface area contributed by atoms with Crippen LogP contribution >= 0.6 is 0 Å². The van der Waals surface area contributed by atoms with Crippen molar-refractivity contribution in [1.29, 1.82) is 0 Å². The van der Waals surface area contributed by atoms with Crippen LogP contribution in [0.3, 0.4) is 0 Å². The van der Waals surface area contributed by atoms with Gasteiger partial charge in [-0.15, -0.1) is 0 Å². The van der Waals surface area contributed by atoms with E-state index in [1.807, 2.05) is 25.3 Å². The lowest BCUT2D eigenvalue weighted by Crippen LogP contribution is -2.02. The van der Waals surface area contributed by atoms with Crippen LogP contribution in [0.1, 0.15) is 42.9 Å². The van der Waals surface area contributed by atoms with Crippen LogP contribution in [0.15, 0.2) is 54.9 Å². The fraction of sp³-hybridized carbons (Fsp3) is 0.286. The summed E-state index contributed by atoms with van der Waals surface area (Å²) in [5, 5.41) is 3.29. The minimum absolute atomic E-state index is 0.205. The number of nitrogens with one attached hydrogen (secondary N) is 1. The van der Waals surface area contributed by atoms with Gasteiger partial charge in [0.2, 0.25) is 0 Å². The number of anilines is 1. The van der Waals surface area contributed by atoms with Crippen molar-refractivity contribution in [3.05, 3.63) is 77.4 Å². The number of nitrogens with zero attached hydrogens (tertiary/aromatic N) is 1. The first-order chi connectivity index (χ1) is 11.6. The van der Waals surface area contributed by atoms with E-state index in [9.17, 15) is 4.39 Å². The fourth-order valence-electron chi connectivity index (χ4n) is 2.84. The number of hydrogen-bond acceptors (Lipinski definition) is 2. The third-order valence-corrected chi connectivity index (χ3v) is 4.32. The largest absolute Gasteiger partial charge is 0.344 e. The molecule has 1 N–H and O–H groups in total. The summed E-state index contributed by atoms with van der Waals surface area (Å²) in [6.07, 6.45) is 7.37. The Morgan fingerprint density at radius 2 is 2.12 bits per heavy atom. The maximum absolute atomic E-state index is 13.4. The Balaban J connectivity index is 1.86. The highest BCUT2D eigenvalue weighted by molar-refractivity contribution is 5.81. The van der Waals surface area contributed by atoms with Gasteiger partial charge in [-0.2, -0.15) is 0 Å². The molecule has 1 heterocycles. The Morgan fingerprint density at radius 3 is 2.71 bits per heavy atom. The maximum atomic E-state index is 13.4. The Bertz CT molecular complexity index is 771. The average Bonchev–Trinajstić information content (AvgIpc) is 3.39. The molecule has 0 saturated heterocycles. The molecule has 0 spiro atoms. The highest BCUT2D eigenvalue weighted by Crippen LogP contribution is 2.35. The first-order valence-corrected chi connectivity index (χ1v) is 8.47. The second-order valence-electron chi connectivity index (χ2n) is 6.34. The van der Waals surface area contributed by atoms with Crippen LogP contribution in [0.5, 0.6) is 0 Å². The summed E-state index contributed by atoms with van der Waals surface area (Å²) in [5.74, 6) is 1.22. The molecule has 3 heteroatoms. The molecule has 0 unspecified atom stereocenters. The zero-order valence-electron chi connectivity index (χ0n) is 14.3. The number of aromatic nitrogens is 1. The number of benzene rings is 1. The summed E-state index contributed by atoms with van der Waals surface area (Å²) in [6, 6.07) is 8.95. The third-order valence-electron chi connectivity index (χ3n) is 4.32. The van der Waals surface area contributed by atoms with Crippen molar-refractivity contribution in [1.82, 2.24) is 4.98 Å². The zero-order valence-corrected chi connectivity index (χ0v) is 14.3. The zero-order chi connectivity index (χ0) is 17.1. The second-order valence-corrected chi connectivity index (χ2v) is 6.34. The molecule has 24 heavy (non-hydrogen) atoms. The Labute approximate surface area is 143 Å². The highest BCUT2D eigenvalue weighted by Gasteiger charge is 2.24. The quantitative estimate of drug-likeness (QED) is 0.737. The van der Waals surface area contributed by atoms with Crippen molar-refractivity contribution in [3.63, 3.8) is 0 Å². The standard InChI is InChI=1S/C21H23FN2/c1-4-5-20(19-10-9-18(22)12-14(19)2)17-8-11-21(23-13-17)24-15(3)16-6-7-16/h5,8-13,16H,3-4,6-7H2,1-2H3,(H,23,24)/b20-5-. The molecular weight excluding hydrogens is 299 g/mol. The molecule has 0 aliphatic heterocycles. The van der Waals surface area contributed by atoms with E-state index in [1.54, 1.807) is 6.07 Å². The summed E-state index contributed by atoms with van der Waals surface area (Å²) in [6.45, 7) is 8.10. The van der Waals surface area contributed by atoms with Gasteiger partial charge in [0.25, 0.3) is 0 Å². The predicted molar refractivity (Wildman–Crippen MR) is 98.2 cm³/mol. The van der Waals surface area contributed by atoms with Gasteiger partial charge < -0.3 is 5.32 Å². The smallest absolute Gasteiger partial charge is 0.130 e. The van der Waals surface area contributed by atoms with Crippen molar-refractivity contribution in [3.8, 4) is 0 Å². The highest BCUT2D eigenvalue weighted by atomic mass is 19.1. The maximum Gasteiger partial charge on any atom is 0.130 e. The van der Waals surface area contributed by atoms with Gasteiger partial charge in [-0.05, 0) is 73.1 Å². The molecule has 2 aromatic rings. The molecule has 2 nitrogen and oxygen atoms in total. The minimum atomic E-state index is -0.205. The van der Waals surface area contributed by atoms with E-state index in [4.69, 9.17) is 0 Å². The molecule has 3 rings (SSSR count). The monoisotopic (exact) mass is 322 g/mol. The van der Waals surface area contributed by atoms with E-state index in [1.165, 1.54) is 18.9 Å². The van der Waals surface area contributed by atoms with Crippen molar-refractivity contribution >= 4 is 11.4 Å². The molecule has 1 aliphatic carbocycles. The molecule has 0 amide bonds. The summed E-state index contributed by atoms with van der Waals surface area (Å²) < 4.78 is 13.4. The molecule has 1 aromatic carbocycles. The summed E-state index contributed by atoms with van der Waals surface area (Å²) in [4.78, 5) is 4.52. The van der Waals surface area contributed by atoms with E-state index >= 15 is 0 Å². The van der Waals surface area contributed by atoms with Gasteiger partial charge >= 0.3 is 0 Å². The second kappa shape index (κ2) is 7.00. The van der Waals surface area contributed by atoms with Gasteiger partial charge in [0, 0.05) is 17.5 Å². The van der Waals surface area contributed by atoms with Crippen molar-refractivity contribution in [2.45, 2.75) is 33.1 Å². The molecule has 1 saturated carbocycles. The fourth-order valence-corrected chi connectivity index (χ4v) is 2.84. The van der Waals surface area contributed by atoms with E-state index in [0.29, 0.717) is 5.92 Å². The predicted octanol–water partition coefficient (Wildman–Crippen LogP) is 5.71. The van der Waals surface area contributed by atoms with Crippen LogP contribution in [-0.4, -0.2) is 4.98 Å². The average molecular weight is 322 g/mol. The topological polar surface area (TPSA) is 24.9 Å².